The molecule has 0 aliphatic rings. The molecule has 10 rings (SSSR count). The number of aromatic nitrogens is 5. The molecule has 4 aromatic heterocycles. The van der Waals surface area contributed by atoms with Crippen LogP contribution in [0, 0.1) is 27.7 Å². The summed E-state index contributed by atoms with van der Waals surface area (Å²) in [5.41, 5.74) is 9.97. The minimum absolute atomic E-state index is 0.0969. The number of nitrogens with zero attached hydrogens (tertiary/aromatic N) is 7. The summed E-state index contributed by atoms with van der Waals surface area (Å²) < 4.78 is 75.1. The monoisotopic (exact) mass is 1540 g/mol. The van der Waals surface area contributed by atoms with Gasteiger partial charge in [-0.25, -0.2) is 5.84 Å². The van der Waals surface area contributed by atoms with E-state index in [4.69, 9.17) is 32.8 Å². The summed E-state index contributed by atoms with van der Waals surface area (Å²) in [5.74, 6) is 5.35. The first-order chi connectivity index (χ1) is 52.9. The highest BCUT2D eigenvalue weighted by Gasteiger charge is 2.38. The van der Waals surface area contributed by atoms with Crippen LogP contribution >= 0.6 is 0 Å². The molecule has 10 aromatic rings. The van der Waals surface area contributed by atoms with Crippen LogP contribution in [-0.2, 0) is 44.4 Å². The van der Waals surface area contributed by atoms with Crippen LogP contribution in [0.4, 0.5) is 0 Å². The first kappa shape index (κ1) is 87.2. The quantitative estimate of drug-likeness (QED) is 0.00780. The standard InChI is InChI=1S/C25H26N2O5.C24H23N3O4.C22H21NO5.C8H18N2O4S.C2H6N2O/c1-16-23(17(2)28)27(20-10-12-21(31-4)13-11-20)24(22(30)14-26-18(3)29)25(16)32-15-19-8-6-5-7-9-19;1-15-21(16(2)28)27(19-10-12-20(29-4)13-11-19)22(24-26-25-17(3)31-24)23(15)30-14-18-8-6-5-7-9-18;1-14-19(15(2)24)23(17-9-11-18(27-3)12-10-17)20(22(25)26)21(14)28-13-16-7-5-4-6-8-16;1-5-10(6-2,7-3)15(12,13)9-8(11)14-4;1-2(5)4-3/h5-13H,14-15H2,1-4H3,(H,26,29);5-13H,14H2,1-4H3;4-12H,13H2,1-3H3,(H,25,26);5-7H2,1-4H3;3H2,1H3,(H,4,5)/p-1. The van der Waals surface area contributed by atoms with Gasteiger partial charge < -0.3 is 67.0 Å². The maximum atomic E-state index is 13.2. The van der Waals surface area contributed by atoms with Gasteiger partial charge >= 0.3 is 10.2 Å². The number of methoxy groups -OCH3 is 4. The van der Waals surface area contributed by atoms with Crippen LogP contribution in [0.3, 0.4) is 0 Å². The Morgan fingerprint density at radius 1 is 0.486 bits per heavy atom. The summed E-state index contributed by atoms with van der Waals surface area (Å²) in [4.78, 5) is 83.9. The summed E-state index contributed by atoms with van der Waals surface area (Å²) in [7, 11) is 1.95. The number of hydrogen-bond donors (Lipinski definition) is 3. The fourth-order valence-electron chi connectivity index (χ4n) is 11.6. The molecule has 0 fully saturated rings. The molecule has 30 heteroatoms. The molecule has 0 saturated carbocycles. The molecule has 2 amide bonds. The average Bonchev–Trinajstić information content (AvgIpc) is 1.64. The Hall–Kier alpha value is -12.7. The summed E-state index contributed by atoms with van der Waals surface area (Å²) in [6.07, 6.45) is -1.08. The predicted molar refractivity (Wildman–Crippen MR) is 412 cm³/mol. The second-order valence-corrected chi connectivity index (χ2v) is 26.4. The van der Waals surface area contributed by atoms with Crippen molar-refractivity contribution in [2.75, 3.05) is 54.6 Å². The molecule has 0 aliphatic carbocycles. The van der Waals surface area contributed by atoms with Crippen molar-refractivity contribution in [1.29, 1.82) is 0 Å². The smallest absolute Gasteiger partial charge is 0.416 e. The van der Waals surface area contributed by atoms with E-state index in [2.05, 4.69) is 30.5 Å². The molecule has 0 saturated heterocycles. The van der Waals surface area contributed by atoms with E-state index in [1.807, 2.05) is 132 Å². The number of amides is 2. The zero-order chi connectivity index (χ0) is 81.9. The lowest BCUT2D eigenvalue weighted by molar-refractivity contribution is -0.800. The number of carboxylic acids is 1. The van der Waals surface area contributed by atoms with Crippen LogP contribution in [0.2, 0.25) is 0 Å². The molecule has 0 radical (unpaired) electrons. The Balaban J connectivity index is 0.000000232. The number of carbonyl (C=O) groups is 7. The van der Waals surface area contributed by atoms with Crippen LogP contribution in [0.5, 0.6) is 34.5 Å². The van der Waals surface area contributed by atoms with Gasteiger partial charge in [0.1, 0.15) is 48.5 Å². The normalized spacial score (nSPS) is 10.9. The number of nitrogens with two attached hydrogens (primary N) is 1. The third kappa shape index (κ3) is 22.3. The number of ether oxygens (including phenoxy) is 7. The number of Topliss-reactive ketones (excluding diaryl/α,β-unsaturated/α-hetero) is 4. The fraction of sp³-hybridized carbons (Fsp3) is 0.284. The third-order valence-corrected chi connectivity index (χ3v) is 19.3. The largest absolute Gasteiger partial charge is 0.603 e. The van der Waals surface area contributed by atoms with Gasteiger partial charge in [-0.3, -0.25) is 38.8 Å². The van der Waals surface area contributed by atoms with E-state index >= 15 is 0 Å². The Kier molecular flexibility index (Phi) is 32.3. The maximum Gasteiger partial charge on any atom is 0.416 e. The molecule has 0 unspecified atom stereocenters. The van der Waals surface area contributed by atoms with E-state index in [0.717, 1.165) is 29.5 Å². The van der Waals surface area contributed by atoms with Gasteiger partial charge in [-0.1, -0.05) is 95.4 Å². The van der Waals surface area contributed by atoms with E-state index in [0.29, 0.717) is 106 Å². The number of hydrazine groups is 1. The number of carbonyl (C=O) groups excluding carboxylic acids is 7. The minimum atomic E-state index is -3.86. The van der Waals surface area contributed by atoms with Crippen molar-refractivity contribution in [2.24, 2.45) is 10.2 Å². The van der Waals surface area contributed by atoms with Crippen LogP contribution in [-0.4, -0.2) is 138 Å². The SMILES string of the molecule is CC(=O)NN.CC[N+](CC)(CC)S(=O)(=O)N=C([O-])OC.COc1ccc(-n2c(C(C)=O)c(C)c(OCc3ccccc3)c2-c2nnc(C)o2)cc1.COc1ccc(-n2c(C(C)=O)c(C)c(OCc3ccccc3)c2C(=O)CNC(C)=O)cc1.COc1ccc(-n2c(C(C)=O)c(C)c(OCc3ccccc3)c2C(=O)[O-])cc1. The van der Waals surface area contributed by atoms with Crippen molar-refractivity contribution in [3.63, 3.8) is 0 Å². The first-order valence-electron chi connectivity index (χ1n) is 34.8. The number of aromatic carboxylic acids is 1. The van der Waals surface area contributed by atoms with E-state index in [1.54, 1.807) is 109 Å². The lowest BCUT2D eigenvalue weighted by Gasteiger charge is -2.31. The number of hydrogen-bond acceptors (Lipinski definition) is 22. The topological polar surface area (TPSA) is 381 Å². The summed E-state index contributed by atoms with van der Waals surface area (Å²) in [6.45, 7) is 21.0. The Bertz CT molecular complexity index is 4960. The number of quaternary nitrogens is 1. The highest BCUT2D eigenvalue weighted by molar-refractivity contribution is 7.84. The number of benzene rings is 6. The molecule has 4 heterocycles. The van der Waals surface area contributed by atoms with Gasteiger partial charge in [0.25, 0.3) is 5.89 Å². The molecule has 0 atom stereocenters. The molecule has 4 N–H and O–H groups in total. The molecule has 0 aliphatic heterocycles. The molecular weight excluding hydrogens is 1450 g/mol. The Morgan fingerprint density at radius 3 is 1.14 bits per heavy atom. The van der Waals surface area contributed by atoms with Gasteiger partial charge in [-0.2, -0.15) is 3.89 Å². The van der Waals surface area contributed by atoms with Crippen molar-refractivity contribution < 1.29 is 93.7 Å². The molecule has 6 aromatic carbocycles. The minimum Gasteiger partial charge on any atom is -0.603 e. The number of carboxylic acid groups (broad SMARTS) is 1. The average molecular weight is 1540 g/mol. The van der Waals surface area contributed by atoms with Gasteiger partial charge in [0.05, 0.1) is 70.6 Å². The Labute approximate surface area is 644 Å². The molecule has 0 bridgehead atoms. The van der Waals surface area contributed by atoms with E-state index < -0.39 is 22.3 Å². The van der Waals surface area contributed by atoms with Crippen molar-refractivity contribution in [3.8, 4) is 63.1 Å². The van der Waals surface area contributed by atoms with Gasteiger partial charge in [0.15, 0.2) is 46.4 Å². The summed E-state index contributed by atoms with van der Waals surface area (Å²) in [5, 5.41) is 33.6. The van der Waals surface area contributed by atoms with Crippen LogP contribution < -0.4 is 55.2 Å². The van der Waals surface area contributed by atoms with Gasteiger partial charge in [-0.15, -0.1) is 18.6 Å². The van der Waals surface area contributed by atoms with E-state index in [1.165, 1.54) is 46.3 Å². The first-order valence-corrected chi connectivity index (χ1v) is 36.2. The molecule has 0 spiro atoms. The van der Waals surface area contributed by atoms with Crippen molar-refractivity contribution in [1.82, 2.24) is 34.6 Å². The lowest BCUT2D eigenvalue weighted by Crippen LogP contribution is -2.51. The Morgan fingerprint density at radius 2 is 0.829 bits per heavy atom. The van der Waals surface area contributed by atoms with E-state index in [9.17, 15) is 52.2 Å². The second-order valence-electron chi connectivity index (χ2n) is 24.5. The predicted octanol–water partition coefficient (Wildman–Crippen LogP) is 10.2. The van der Waals surface area contributed by atoms with Crippen molar-refractivity contribution in [3.05, 3.63) is 232 Å². The number of nitrogens with one attached hydrogen (secondary N) is 2. The maximum absolute atomic E-state index is 13.2. The molecule has 111 heavy (non-hydrogen) atoms. The fourth-order valence-corrected chi connectivity index (χ4v) is 13.1. The number of ketones is 4. The molecule has 29 nitrogen and oxygen atoms in total. The summed E-state index contributed by atoms with van der Waals surface area (Å²) >= 11 is 0. The highest BCUT2D eigenvalue weighted by atomic mass is 32.2. The van der Waals surface area contributed by atoms with Crippen molar-refractivity contribution >= 4 is 57.2 Å². The number of aryl methyl sites for hydroxylation is 1. The third-order valence-electron chi connectivity index (χ3n) is 17.2. The lowest BCUT2D eigenvalue weighted by atomic mass is 10.1. The van der Waals surface area contributed by atoms with E-state index in [-0.39, 0.29) is 87.3 Å². The zero-order valence-corrected chi connectivity index (χ0v) is 65.7. The molecule has 588 valence electrons. The molecular formula is C81H93N10O19S-. The van der Waals surface area contributed by atoms with Gasteiger partial charge in [0.2, 0.25) is 23.5 Å². The zero-order valence-electron chi connectivity index (χ0n) is 64.9. The highest BCUT2D eigenvalue weighted by Crippen LogP contribution is 2.42. The van der Waals surface area contributed by atoms with Crippen LogP contribution in [0.1, 0.15) is 147 Å². The second kappa shape index (κ2) is 41.0. The number of rotatable bonds is 28. The van der Waals surface area contributed by atoms with Crippen LogP contribution in [0.25, 0.3) is 28.6 Å². The summed E-state index contributed by atoms with van der Waals surface area (Å²) in [6, 6.07) is 49.9. The van der Waals surface area contributed by atoms with Gasteiger partial charge in [-0.05, 0) is 138 Å². The van der Waals surface area contributed by atoms with Crippen LogP contribution in [0.15, 0.2) is 173 Å². The van der Waals surface area contributed by atoms with Crippen molar-refractivity contribution in [2.45, 2.75) is 103 Å². The van der Waals surface area contributed by atoms with Gasteiger partial charge in [0, 0.05) is 75.3 Å².